The van der Waals surface area contributed by atoms with Crippen LogP contribution in [-0.4, -0.2) is 5.78 Å². The number of allylic oxidation sites excluding steroid dienone is 1. The molecule has 15 heavy (non-hydrogen) atoms. The maximum Gasteiger partial charge on any atom is 0.173 e. The van der Waals surface area contributed by atoms with Crippen LogP contribution >= 0.6 is 27.5 Å². The smallest absolute Gasteiger partial charge is 0.173 e. The average molecular weight is 288 g/mol. The van der Waals surface area contributed by atoms with Gasteiger partial charge >= 0.3 is 0 Å². The Hall–Kier alpha value is -0.600. The highest BCUT2D eigenvalue weighted by atomic mass is 79.9. The number of Topliss-reactive ketones (excluding diaryl/α,β-unsaturated/α-hetero) is 1. The summed E-state index contributed by atoms with van der Waals surface area (Å²) in [5.74, 6) is 0.0287. The lowest BCUT2D eigenvalue weighted by atomic mass is 9.84. The topological polar surface area (TPSA) is 17.1 Å². The fourth-order valence-corrected chi connectivity index (χ4v) is 1.98. The molecule has 0 saturated carbocycles. The van der Waals surface area contributed by atoms with Gasteiger partial charge in [-0.15, -0.1) is 6.58 Å². The Balaban J connectivity index is 3.18. The molecule has 0 saturated heterocycles. The number of hydrogen-bond donors (Lipinski definition) is 0. The van der Waals surface area contributed by atoms with Crippen molar-refractivity contribution in [3.8, 4) is 0 Å². The molecule has 0 amide bonds. The monoisotopic (exact) mass is 286 g/mol. The van der Waals surface area contributed by atoms with Gasteiger partial charge in [0.05, 0.1) is 0 Å². The molecule has 0 aromatic heterocycles. The van der Waals surface area contributed by atoms with Gasteiger partial charge in [-0.1, -0.05) is 17.7 Å². The number of halogens is 2. The molecule has 0 radical (unpaired) electrons. The molecule has 0 N–H and O–H groups in total. The summed E-state index contributed by atoms with van der Waals surface area (Å²) >= 11 is 9.14. The summed E-state index contributed by atoms with van der Waals surface area (Å²) in [6.45, 7) is 7.34. The Morgan fingerprint density at radius 1 is 1.53 bits per heavy atom. The first-order valence-corrected chi connectivity index (χ1v) is 5.69. The Morgan fingerprint density at radius 2 is 2.13 bits per heavy atom. The van der Waals surface area contributed by atoms with Crippen LogP contribution in [0.25, 0.3) is 0 Å². The minimum Gasteiger partial charge on any atom is -0.293 e. The molecule has 1 aromatic rings. The highest BCUT2D eigenvalue weighted by Gasteiger charge is 2.26. The molecule has 80 valence electrons. The highest BCUT2D eigenvalue weighted by molar-refractivity contribution is 9.10. The van der Waals surface area contributed by atoms with Crippen molar-refractivity contribution in [1.29, 1.82) is 0 Å². The second kappa shape index (κ2) is 4.50. The van der Waals surface area contributed by atoms with E-state index >= 15 is 0 Å². The first-order valence-electron chi connectivity index (χ1n) is 4.52. The maximum absolute atomic E-state index is 12.1. The normalized spacial score (nSPS) is 11.2. The molecule has 0 fully saturated rings. The van der Waals surface area contributed by atoms with E-state index in [0.717, 1.165) is 4.47 Å². The molecule has 0 spiro atoms. The molecule has 0 aliphatic rings. The minimum atomic E-state index is -0.559. The number of carbonyl (C=O) groups excluding carboxylic acids is 1. The molecule has 0 heterocycles. The van der Waals surface area contributed by atoms with Gasteiger partial charge in [-0.3, -0.25) is 4.79 Å². The fourth-order valence-electron chi connectivity index (χ4n) is 1.11. The van der Waals surface area contributed by atoms with Crippen LogP contribution in [0.3, 0.4) is 0 Å². The van der Waals surface area contributed by atoms with Crippen molar-refractivity contribution in [3.05, 3.63) is 45.9 Å². The van der Waals surface area contributed by atoms with Crippen LogP contribution in [0, 0.1) is 5.41 Å². The van der Waals surface area contributed by atoms with E-state index in [2.05, 4.69) is 22.5 Å². The van der Waals surface area contributed by atoms with Crippen LogP contribution in [-0.2, 0) is 0 Å². The predicted molar refractivity (Wildman–Crippen MR) is 67.5 cm³/mol. The summed E-state index contributed by atoms with van der Waals surface area (Å²) in [5, 5.41) is 0.606. The molecule has 1 rings (SSSR count). The summed E-state index contributed by atoms with van der Waals surface area (Å²) < 4.78 is 0.718. The van der Waals surface area contributed by atoms with Crippen molar-refractivity contribution in [3.63, 3.8) is 0 Å². The van der Waals surface area contributed by atoms with Crippen LogP contribution in [0.2, 0.25) is 5.02 Å². The minimum absolute atomic E-state index is 0.0287. The SMILES string of the molecule is C=CC(C)(C)C(=O)c1ccc(Cl)cc1Br. The third-order valence-corrected chi connectivity index (χ3v) is 3.16. The van der Waals surface area contributed by atoms with E-state index in [0.29, 0.717) is 10.6 Å². The summed E-state index contributed by atoms with van der Waals surface area (Å²) in [7, 11) is 0. The van der Waals surface area contributed by atoms with Crippen molar-refractivity contribution < 1.29 is 4.79 Å². The highest BCUT2D eigenvalue weighted by Crippen LogP contribution is 2.29. The molecule has 1 aromatic carbocycles. The van der Waals surface area contributed by atoms with Gasteiger partial charge in [0, 0.05) is 20.5 Å². The van der Waals surface area contributed by atoms with Gasteiger partial charge in [0.25, 0.3) is 0 Å². The van der Waals surface area contributed by atoms with Gasteiger partial charge in [0.15, 0.2) is 5.78 Å². The standard InChI is InChI=1S/C12H12BrClO/c1-4-12(2,3)11(15)9-6-5-8(14)7-10(9)13/h4-7H,1H2,2-3H3. The van der Waals surface area contributed by atoms with E-state index in [1.54, 1.807) is 24.3 Å². The summed E-state index contributed by atoms with van der Waals surface area (Å²) in [5.41, 5.74) is 0.0698. The van der Waals surface area contributed by atoms with Gasteiger partial charge < -0.3 is 0 Å². The van der Waals surface area contributed by atoms with Crippen molar-refractivity contribution in [2.75, 3.05) is 0 Å². The second-order valence-corrected chi connectivity index (χ2v) is 5.17. The zero-order valence-electron chi connectivity index (χ0n) is 8.68. The molecule has 3 heteroatoms. The molecule has 0 aliphatic heterocycles. The van der Waals surface area contributed by atoms with Crippen LogP contribution in [0.15, 0.2) is 35.3 Å². The number of benzene rings is 1. The maximum atomic E-state index is 12.1. The molecular weight excluding hydrogens is 275 g/mol. The fraction of sp³-hybridized carbons (Fsp3) is 0.250. The lowest BCUT2D eigenvalue weighted by Gasteiger charge is -2.18. The van der Waals surface area contributed by atoms with Crippen LogP contribution in [0.4, 0.5) is 0 Å². The zero-order chi connectivity index (χ0) is 11.6. The summed E-state index contributed by atoms with van der Waals surface area (Å²) in [6, 6.07) is 5.15. The number of hydrogen-bond acceptors (Lipinski definition) is 1. The molecule has 0 atom stereocenters. The Bertz CT molecular complexity index is 410. The quantitative estimate of drug-likeness (QED) is 0.591. The molecule has 0 bridgehead atoms. The molecular formula is C12H12BrClO. The zero-order valence-corrected chi connectivity index (χ0v) is 11.0. The summed E-state index contributed by atoms with van der Waals surface area (Å²) in [6.07, 6.45) is 1.65. The van der Waals surface area contributed by atoms with Gasteiger partial charge in [-0.2, -0.15) is 0 Å². The first-order chi connectivity index (χ1) is 6.88. The number of ketones is 1. The molecule has 0 unspecified atom stereocenters. The lowest BCUT2D eigenvalue weighted by molar-refractivity contribution is 0.0885. The van der Waals surface area contributed by atoms with Gasteiger partial charge in [-0.25, -0.2) is 0 Å². The van der Waals surface area contributed by atoms with Crippen LogP contribution in [0.5, 0.6) is 0 Å². The third-order valence-electron chi connectivity index (χ3n) is 2.27. The van der Waals surface area contributed by atoms with E-state index in [-0.39, 0.29) is 5.78 Å². The Kier molecular flexibility index (Phi) is 3.74. The Morgan fingerprint density at radius 3 is 2.60 bits per heavy atom. The van der Waals surface area contributed by atoms with Crippen LogP contribution in [0.1, 0.15) is 24.2 Å². The lowest BCUT2D eigenvalue weighted by Crippen LogP contribution is -2.21. The van der Waals surface area contributed by atoms with Crippen molar-refractivity contribution >= 4 is 33.3 Å². The Labute approximate surface area is 103 Å². The van der Waals surface area contributed by atoms with Crippen molar-refractivity contribution in [1.82, 2.24) is 0 Å². The van der Waals surface area contributed by atoms with E-state index in [4.69, 9.17) is 11.6 Å². The number of carbonyl (C=O) groups is 1. The first kappa shape index (κ1) is 12.5. The van der Waals surface area contributed by atoms with Gasteiger partial charge in [-0.05, 0) is 48.0 Å². The van der Waals surface area contributed by atoms with Crippen molar-refractivity contribution in [2.24, 2.45) is 5.41 Å². The van der Waals surface area contributed by atoms with Crippen molar-refractivity contribution in [2.45, 2.75) is 13.8 Å². The van der Waals surface area contributed by atoms with E-state index in [1.165, 1.54) is 0 Å². The van der Waals surface area contributed by atoms with E-state index in [1.807, 2.05) is 13.8 Å². The average Bonchev–Trinajstić information content (AvgIpc) is 2.17. The van der Waals surface area contributed by atoms with Crippen LogP contribution < -0.4 is 0 Å². The number of rotatable bonds is 3. The van der Waals surface area contributed by atoms with Gasteiger partial charge in [0.2, 0.25) is 0 Å². The molecule has 0 aliphatic carbocycles. The summed E-state index contributed by atoms with van der Waals surface area (Å²) in [4.78, 5) is 12.1. The third kappa shape index (κ3) is 2.70. The molecule has 1 nitrogen and oxygen atoms in total. The van der Waals surface area contributed by atoms with E-state index < -0.39 is 5.41 Å². The predicted octanol–water partition coefficient (Wildman–Crippen LogP) is 4.50. The van der Waals surface area contributed by atoms with E-state index in [9.17, 15) is 4.79 Å². The van der Waals surface area contributed by atoms with Gasteiger partial charge in [0.1, 0.15) is 0 Å². The largest absolute Gasteiger partial charge is 0.293 e. The second-order valence-electron chi connectivity index (χ2n) is 3.88.